The normalized spacial score (nSPS) is 15.7. The average Bonchev–Trinajstić information content (AvgIpc) is 2.78. The van der Waals surface area contributed by atoms with Gasteiger partial charge in [-0.25, -0.2) is 0 Å². The van der Waals surface area contributed by atoms with Crippen LogP contribution in [0.15, 0.2) is 46.6 Å². The van der Waals surface area contributed by atoms with Gasteiger partial charge in [0.15, 0.2) is 0 Å². The second-order valence-electron chi connectivity index (χ2n) is 9.12. The van der Waals surface area contributed by atoms with Crippen LogP contribution in [0.25, 0.3) is 0 Å². The van der Waals surface area contributed by atoms with E-state index in [1.54, 1.807) is 7.05 Å². The average molecular weight is 515 g/mol. The van der Waals surface area contributed by atoms with Gasteiger partial charge in [-0.2, -0.15) is 0 Å². The smallest absolute Gasteiger partial charge is 0.268 e. The molecule has 2 unspecified atom stereocenters. The van der Waals surface area contributed by atoms with Crippen LogP contribution in [0.4, 0.5) is 0 Å². The van der Waals surface area contributed by atoms with Gasteiger partial charge in [0.25, 0.3) is 7.82 Å². The zero-order valence-corrected chi connectivity index (χ0v) is 24.0. The van der Waals surface area contributed by atoms with E-state index in [9.17, 15) is 9.46 Å². The Hall–Kier alpha value is -1.05. The van der Waals surface area contributed by atoms with E-state index >= 15 is 0 Å². The third-order valence-electron chi connectivity index (χ3n) is 5.36. The number of methoxy groups -OCH3 is 1. The lowest BCUT2D eigenvalue weighted by Crippen LogP contribution is -2.26. The second-order valence-corrected chi connectivity index (χ2v) is 10.5. The van der Waals surface area contributed by atoms with Crippen LogP contribution in [0.5, 0.6) is 0 Å². The molecule has 2 atom stereocenters. The van der Waals surface area contributed by atoms with Crippen molar-refractivity contribution in [3.05, 3.63) is 46.6 Å². The fraction of sp³-hybridized carbons (Fsp3) is 0.704. The van der Waals surface area contributed by atoms with Gasteiger partial charge in [-0.15, -0.1) is 0 Å². The molecule has 8 heteroatoms. The number of phosphoric ester groups is 1. The molecule has 0 radical (unpaired) electrons. The van der Waals surface area contributed by atoms with Gasteiger partial charge >= 0.3 is 0 Å². The van der Waals surface area contributed by atoms with E-state index < -0.39 is 13.9 Å². The Balaban J connectivity index is 4.13. The van der Waals surface area contributed by atoms with Crippen LogP contribution in [0.1, 0.15) is 73.1 Å². The van der Waals surface area contributed by atoms with E-state index in [1.807, 2.05) is 0 Å². The molecule has 0 heterocycles. The fourth-order valence-corrected chi connectivity index (χ4v) is 3.78. The molecule has 0 aliphatic heterocycles. The van der Waals surface area contributed by atoms with Crippen LogP contribution in [-0.4, -0.2) is 53.2 Å². The van der Waals surface area contributed by atoms with Gasteiger partial charge in [-0.3, -0.25) is 4.57 Å². The Labute approximate surface area is 214 Å². The van der Waals surface area contributed by atoms with Gasteiger partial charge in [-0.05, 0) is 80.2 Å². The second kappa shape index (κ2) is 21.1. The maximum absolute atomic E-state index is 11.7. The summed E-state index contributed by atoms with van der Waals surface area (Å²) in [6.07, 6.45) is 15.0. The van der Waals surface area contributed by atoms with Crippen LogP contribution in [0.2, 0.25) is 0 Å². The van der Waals surface area contributed by atoms with Crippen molar-refractivity contribution < 1.29 is 28.0 Å². The van der Waals surface area contributed by atoms with Crippen molar-refractivity contribution in [2.45, 2.75) is 79.2 Å². The fourth-order valence-electron chi connectivity index (χ4n) is 3.04. The third-order valence-corrected chi connectivity index (χ3v) is 6.33. The molecule has 0 rings (SSSR count). The summed E-state index contributed by atoms with van der Waals surface area (Å²) in [7, 11) is -1.13. The molecular formula is C27H49NO6P-. The van der Waals surface area contributed by atoms with Crippen LogP contribution in [0.3, 0.4) is 0 Å². The molecule has 0 fully saturated rings. The molecule has 0 aliphatic carbocycles. The van der Waals surface area contributed by atoms with Crippen molar-refractivity contribution in [3.63, 3.8) is 0 Å². The first kappa shape index (κ1) is 34.0. The molecule has 0 aromatic carbocycles. The molecular weight excluding hydrogens is 465 g/mol. The van der Waals surface area contributed by atoms with Crippen LogP contribution < -0.4 is 10.2 Å². The molecule has 0 aromatic heterocycles. The number of likely N-dealkylation sites (N-methyl/N-ethyl adjacent to an activating group) is 1. The SMILES string of the molecule is CNCCOP(=O)([O-])OCC(COC/C=C(\C)CC/C=C(\C)CC/C=C(\C)CCC=C(C)C)OC. The zero-order valence-electron chi connectivity index (χ0n) is 23.1. The van der Waals surface area contributed by atoms with E-state index in [0.717, 1.165) is 38.5 Å². The summed E-state index contributed by atoms with van der Waals surface area (Å²) in [4.78, 5) is 11.7. The summed E-state index contributed by atoms with van der Waals surface area (Å²) in [6, 6.07) is 0. The van der Waals surface area contributed by atoms with Crippen molar-refractivity contribution in [1.29, 1.82) is 0 Å². The number of allylic oxidation sites excluding steroid dienone is 7. The number of rotatable bonds is 21. The molecule has 204 valence electrons. The molecule has 0 aromatic rings. The Morgan fingerprint density at radius 2 is 1.40 bits per heavy atom. The number of phosphoric acid groups is 1. The number of ether oxygens (including phenoxy) is 2. The van der Waals surface area contributed by atoms with Crippen molar-refractivity contribution in [2.24, 2.45) is 0 Å². The largest absolute Gasteiger partial charge is 0.756 e. The highest BCUT2D eigenvalue weighted by Crippen LogP contribution is 2.38. The molecule has 1 N–H and O–H groups in total. The topological polar surface area (TPSA) is 89.1 Å². The van der Waals surface area contributed by atoms with E-state index in [4.69, 9.17) is 18.5 Å². The highest BCUT2D eigenvalue weighted by molar-refractivity contribution is 7.45. The van der Waals surface area contributed by atoms with Crippen LogP contribution in [-0.2, 0) is 23.1 Å². The standard InChI is InChI=1S/C27H50NO6P/c1-23(2)11-8-12-24(3)13-9-14-25(4)15-10-16-26(5)17-19-32-21-27(31-7)22-34-35(29,30)33-20-18-28-6/h11,13,15,17,27-28H,8-10,12,14,16,18-22H2,1-7H3,(H,29,30)/p-1/b24-13+,25-15+,26-17+. The van der Waals surface area contributed by atoms with Crippen LogP contribution >= 0.6 is 7.82 Å². The quantitative estimate of drug-likeness (QED) is 0.116. The summed E-state index contributed by atoms with van der Waals surface area (Å²) in [5, 5.41) is 2.80. The first-order valence-electron chi connectivity index (χ1n) is 12.5. The van der Waals surface area contributed by atoms with Crippen molar-refractivity contribution >= 4 is 7.82 Å². The van der Waals surface area contributed by atoms with Gasteiger partial charge in [0.1, 0.15) is 6.10 Å². The Morgan fingerprint density at radius 1 is 0.857 bits per heavy atom. The van der Waals surface area contributed by atoms with Gasteiger partial charge in [0.05, 0.1) is 26.4 Å². The molecule has 0 bridgehead atoms. The predicted octanol–water partition coefficient (Wildman–Crippen LogP) is 5.88. The molecule has 7 nitrogen and oxygen atoms in total. The lowest BCUT2D eigenvalue weighted by atomic mass is 10.0. The highest BCUT2D eigenvalue weighted by Gasteiger charge is 2.14. The van der Waals surface area contributed by atoms with Gasteiger partial charge in [0, 0.05) is 13.7 Å². The highest BCUT2D eigenvalue weighted by atomic mass is 31.2. The summed E-state index contributed by atoms with van der Waals surface area (Å²) in [5.74, 6) is 0. The number of hydrogen-bond donors (Lipinski definition) is 1. The molecule has 35 heavy (non-hydrogen) atoms. The van der Waals surface area contributed by atoms with E-state index in [1.165, 1.54) is 29.4 Å². The van der Waals surface area contributed by atoms with E-state index in [2.05, 4.69) is 64.2 Å². The minimum Gasteiger partial charge on any atom is -0.756 e. The van der Waals surface area contributed by atoms with E-state index in [0.29, 0.717) is 13.2 Å². The lowest BCUT2D eigenvalue weighted by Gasteiger charge is -2.25. The minimum absolute atomic E-state index is 0.0256. The van der Waals surface area contributed by atoms with Gasteiger partial charge in [0.2, 0.25) is 0 Å². The first-order valence-corrected chi connectivity index (χ1v) is 14.0. The summed E-state index contributed by atoms with van der Waals surface area (Å²) < 4.78 is 32.1. The van der Waals surface area contributed by atoms with Crippen molar-refractivity contribution in [1.82, 2.24) is 5.32 Å². The monoisotopic (exact) mass is 514 g/mol. The predicted molar refractivity (Wildman–Crippen MR) is 143 cm³/mol. The maximum atomic E-state index is 11.7. The Morgan fingerprint density at radius 3 is 1.91 bits per heavy atom. The van der Waals surface area contributed by atoms with Gasteiger partial charge < -0.3 is 28.7 Å². The number of hydrogen-bond acceptors (Lipinski definition) is 7. The molecule has 0 spiro atoms. The molecule has 0 saturated heterocycles. The van der Waals surface area contributed by atoms with Gasteiger partial charge in [-0.1, -0.05) is 46.6 Å². The first-order chi connectivity index (χ1) is 16.6. The maximum Gasteiger partial charge on any atom is 0.268 e. The number of nitrogens with one attached hydrogen (secondary N) is 1. The van der Waals surface area contributed by atoms with Crippen LogP contribution in [0, 0.1) is 0 Å². The zero-order chi connectivity index (χ0) is 26.5. The summed E-state index contributed by atoms with van der Waals surface area (Å²) in [6.45, 7) is 11.8. The van der Waals surface area contributed by atoms with E-state index in [-0.39, 0.29) is 19.8 Å². The third kappa shape index (κ3) is 21.9. The molecule has 0 aliphatic rings. The van der Waals surface area contributed by atoms with Crippen molar-refractivity contribution in [3.8, 4) is 0 Å². The summed E-state index contributed by atoms with van der Waals surface area (Å²) in [5.41, 5.74) is 5.54. The molecule has 0 saturated carbocycles. The Kier molecular flexibility index (Phi) is 20.4. The minimum atomic E-state index is -4.33. The van der Waals surface area contributed by atoms with Crippen molar-refractivity contribution in [2.75, 3.05) is 47.1 Å². The summed E-state index contributed by atoms with van der Waals surface area (Å²) >= 11 is 0. The molecule has 0 amide bonds. The Bertz CT molecular complexity index is 725. The lowest BCUT2D eigenvalue weighted by molar-refractivity contribution is -0.227.